The van der Waals surface area contributed by atoms with Crippen molar-refractivity contribution >= 4 is 16.7 Å². The minimum atomic E-state index is -0.179. The van der Waals surface area contributed by atoms with Crippen LogP contribution in [0.1, 0.15) is 17.3 Å². The van der Waals surface area contributed by atoms with E-state index in [9.17, 15) is 9.59 Å². The van der Waals surface area contributed by atoms with Crippen molar-refractivity contribution in [2.75, 3.05) is 0 Å². The minimum absolute atomic E-state index is 0.0527. The zero-order valence-corrected chi connectivity index (χ0v) is 7.57. The number of nitrogens with one attached hydrogen (secondary N) is 1. The number of aromatic amines is 1. The second-order valence-corrected chi connectivity index (χ2v) is 3.05. The normalized spacial score (nSPS) is 10.4. The van der Waals surface area contributed by atoms with Gasteiger partial charge in [-0.25, -0.2) is 0 Å². The molecule has 0 atom stereocenters. The van der Waals surface area contributed by atoms with E-state index in [1.165, 1.54) is 13.1 Å². The molecule has 4 heteroatoms. The SMILES string of the molecule is CC(=O)c1ccc2[nH]ncc(=O)c2c1. The van der Waals surface area contributed by atoms with Gasteiger partial charge in [0.05, 0.1) is 11.7 Å². The Kier molecular flexibility index (Phi) is 1.89. The van der Waals surface area contributed by atoms with Crippen LogP contribution in [0, 0.1) is 0 Å². The highest BCUT2D eigenvalue weighted by Crippen LogP contribution is 2.09. The lowest BCUT2D eigenvalue weighted by atomic mass is 10.1. The van der Waals surface area contributed by atoms with Crippen molar-refractivity contribution in [3.8, 4) is 0 Å². The van der Waals surface area contributed by atoms with Gasteiger partial charge in [0.1, 0.15) is 0 Å². The number of Topliss-reactive ketones (excluding diaryl/α,β-unsaturated/α-hetero) is 1. The molecule has 1 aromatic carbocycles. The van der Waals surface area contributed by atoms with Crippen molar-refractivity contribution in [1.82, 2.24) is 10.2 Å². The summed E-state index contributed by atoms with van der Waals surface area (Å²) in [6, 6.07) is 4.93. The Morgan fingerprint density at radius 3 is 2.93 bits per heavy atom. The van der Waals surface area contributed by atoms with Crippen molar-refractivity contribution in [2.45, 2.75) is 6.92 Å². The average molecular weight is 188 g/mol. The maximum Gasteiger partial charge on any atom is 0.207 e. The van der Waals surface area contributed by atoms with Crippen molar-refractivity contribution in [2.24, 2.45) is 0 Å². The standard InChI is InChI=1S/C10H8N2O2/c1-6(13)7-2-3-9-8(4-7)10(14)5-11-12-9/h2-5H,1H3,(H,12,14). The van der Waals surface area contributed by atoms with Crippen LogP contribution in [0.15, 0.2) is 29.2 Å². The summed E-state index contributed by atoms with van der Waals surface area (Å²) in [7, 11) is 0. The van der Waals surface area contributed by atoms with Gasteiger partial charge in [-0.1, -0.05) is 0 Å². The fraction of sp³-hybridized carbons (Fsp3) is 0.100. The molecule has 0 saturated heterocycles. The van der Waals surface area contributed by atoms with Gasteiger partial charge in [0.25, 0.3) is 0 Å². The molecule has 70 valence electrons. The number of carbonyl (C=O) groups excluding carboxylic acids is 1. The molecular formula is C10H8N2O2. The van der Waals surface area contributed by atoms with Crippen LogP contribution in [0.3, 0.4) is 0 Å². The van der Waals surface area contributed by atoms with Crippen molar-refractivity contribution in [1.29, 1.82) is 0 Å². The molecule has 0 aliphatic heterocycles. The first kappa shape index (κ1) is 8.62. The Morgan fingerprint density at radius 1 is 1.43 bits per heavy atom. The van der Waals surface area contributed by atoms with Crippen LogP contribution in [0.5, 0.6) is 0 Å². The van der Waals surface area contributed by atoms with E-state index in [4.69, 9.17) is 0 Å². The van der Waals surface area contributed by atoms with Crippen LogP contribution >= 0.6 is 0 Å². The molecule has 1 heterocycles. The van der Waals surface area contributed by atoms with Crippen molar-refractivity contribution < 1.29 is 4.79 Å². The number of aromatic nitrogens is 2. The number of H-pyrrole nitrogens is 1. The van der Waals surface area contributed by atoms with Crippen LogP contribution in [0.4, 0.5) is 0 Å². The van der Waals surface area contributed by atoms with Crippen LogP contribution < -0.4 is 5.43 Å². The second-order valence-electron chi connectivity index (χ2n) is 3.05. The van der Waals surface area contributed by atoms with E-state index in [0.717, 1.165) is 0 Å². The van der Waals surface area contributed by atoms with E-state index in [-0.39, 0.29) is 11.2 Å². The Balaban J connectivity index is 2.83. The maximum absolute atomic E-state index is 11.4. The highest BCUT2D eigenvalue weighted by molar-refractivity contribution is 5.97. The highest BCUT2D eigenvalue weighted by atomic mass is 16.1. The van der Waals surface area contributed by atoms with Gasteiger partial charge in [0, 0.05) is 10.9 Å². The zero-order valence-electron chi connectivity index (χ0n) is 7.57. The van der Waals surface area contributed by atoms with Gasteiger partial charge < -0.3 is 0 Å². The van der Waals surface area contributed by atoms with Gasteiger partial charge in [-0.2, -0.15) is 5.10 Å². The number of fused-ring (bicyclic) bond motifs is 1. The largest absolute Gasteiger partial charge is 0.295 e. The molecule has 1 N–H and O–H groups in total. The molecule has 0 unspecified atom stereocenters. The molecule has 0 spiro atoms. The lowest BCUT2D eigenvalue weighted by Gasteiger charge is -1.98. The summed E-state index contributed by atoms with van der Waals surface area (Å²) in [5.74, 6) is -0.0527. The molecule has 0 bridgehead atoms. The summed E-state index contributed by atoms with van der Waals surface area (Å²) >= 11 is 0. The lowest BCUT2D eigenvalue weighted by Crippen LogP contribution is -2.04. The number of hydrogen-bond acceptors (Lipinski definition) is 3. The predicted octanol–water partition coefficient (Wildman–Crippen LogP) is 1.13. The Bertz CT molecular complexity index is 557. The topological polar surface area (TPSA) is 62.8 Å². The van der Waals surface area contributed by atoms with E-state index in [1.54, 1.807) is 18.2 Å². The monoisotopic (exact) mass is 188 g/mol. The summed E-state index contributed by atoms with van der Waals surface area (Å²) < 4.78 is 0. The molecule has 0 aliphatic rings. The maximum atomic E-state index is 11.4. The first-order valence-corrected chi connectivity index (χ1v) is 4.17. The zero-order chi connectivity index (χ0) is 10.1. The van der Waals surface area contributed by atoms with Gasteiger partial charge >= 0.3 is 0 Å². The summed E-state index contributed by atoms with van der Waals surface area (Å²) in [5, 5.41) is 6.85. The number of ketones is 1. The van der Waals surface area contributed by atoms with Crippen LogP contribution in [-0.4, -0.2) is 16.0 Å². The molecule has 0 radical (unpaired) electrons. The van der Waals surface area contributed by atoms with Crippen molar-refractivity contribution in [3.05, 3.63) is 40.2 Å². The van der Waals surface area contributed by atoms with Gasteiger partial charge in [-0.15, -0.1) is 0 Å². The smallest absolute Gasteiger partial charge is 0.207 e. The quantitative estimate of drug-likeness (QED) is 0.682. The second kappa shape index (κ2) is 3.06. The van der Waals surface area contributed by atoms with Crippen molar-refractivity contribution in [3.63, 3.8) is 0 Å². The molecule has 0 amide bonds. The molecule has 0 fully saturated rings. The Labute approximate surface area is 79.6 Å². The van der Waals surface area contributed by atoms with Crippen LogP contribution in [0.25, 0.3) is 10.9 Å². The van der Waals surface area contributed by atoms with E-state index < -0.39 is 0 Å². The number of nitrogens with zero attached hydrogens (tertiary/aromatic N) is 1. The fourth-order valence-electron chi connectivity index (χ4n) is 1.29. The van der Waals surface area contributed by atoms with E-state index in [1.807, 2.05) is 0 Å². The van der Waals surface area contributed by atoms with Gasteiger partial charge in [-0.05, 0) is 25.1 Å². The molecule has 0 aliphatic carbocycles. The molecule has 4 nitrogen and oxygen atoms in total. The van der Waals surface area contributed by atoms with E-state index in [2.05, 4.69) is 10.2 Å². The molecule has 0 saturated carbocycles. The summed E-state index contributed by atoms with van der Waals surface area (Å²) in [6.45, 7) is 1.47. The number of carbonyl (C=O) groups is 1. The van der Waals surface area contributed by atoms with Crippen LogP contribution in [-0.2, 0) is 0 Å². The first-order valence-electron chi connectivity index (χ1n) is 4.17. The Hall–Kier alpha value is -1.97. The first-order chi connectivity index (χ1) is 6.68. The van der Waals surface area contributed by atoms with Gasteiger partial charge in [0.15, 0.2) is 5.78 Å². The van der Waals surface area contributed by atoms with Gasteiger partial charge in [-0.3, -0.25) is 14.7 Å². The van der Waals surface area contributed by atoms with Crippen LogP contribution in [0.2, 0.25) is 0 Å². The van der Waals surface area contributed by atoms with E-state index in [0.29, 0.717) is 16.5 Å². The fourth-order valence-corrected chi connectivity index (χ4v) is 1.29. The number of rotatable bonds is 1. The third-order valence-electron chi connectivity index (χ3n) is 2.06. The molecule has 2 aromatic rings. The molecule has 14 heavy (non-hydrogen) atoms. The lowest BCUT2D eigenvalue weighted by molar-refractivity contribution is 0.101. The number of hydrogen-bond donors (Lipinski definition) is 1. The highest BCUT2D eigenvalue weighted by Gasteiger charge is 2.03. The average Bonchev–Trinajstić information content (AvgIpc) is 2.18. The van der Waals surface area contributed by atoms with E-state index >= 15 is 0 Å². The molecule has 1 aromatic heterocycles. The molecular weight excluding hydrogens is 180 g/mol. The third kappa shape index (κ3) is 1.31. The summed E-state index contributed by atoms with van der Waals surface area (Å²) in [6.07, 6.45) is 1.20. The molecule has 2 rings (SSSR count). The summed E-state index contributed by atoms with van der Waals surface area (Å²) in [4.78, 5) is 22.4. The Morgan fingerprint density at radius 2 is 2.21 bits per heavy atom. The third-order valence-corrected chi connectivity index (χ3v) is 2.06. The van der Waals surface area contributed by atoms with Gasteiger partial charge in [0.2, 0.25) is 5.43 Å². The summed E-state index contributed by atoms with van der Waals surface area (Å²) in [5.41, 5.74) is 0.999. The number of benzene rings is 1. The predicted molar refractivity (Wildman–Crippen MR) is 52.4 cm³/mol. The minimum Gasteiger partial charge on any atom is -0.295 e.